The lowest BCUT2D eigenvalue weighted by Crippen LogP contribution is -2.50. The molecular weight excluding hydrogens is 244 g/mol. The van der Waals surface area contributed by atoms with Crippen LogP contribution in [0.1, 0.15) is 71.1 Å². The average Bonchev–Trinajstić information content (AvgIpc) is 2.83. The van der Waals surface area contributed by atoms with Crippen LogP contribution in [-0.4, -0.2) is 36.6 Å². The van der Waals surface area contributed by atoms with Gasteiger partial charge in [-0.2, -0.15) is 0 Å². The van der Waals surface area contributed by atoms with Gasteiger partial charge in [-0.25, -0.2) is 0 Å². The maximum absolute atomic E-state index is 3.90. The van der Waals surface area contributed by atoms with Gasteiger partial charge in [0.15, 0.2) is 0 Å². The molecule has 2 aliphatic carbocycles. The molecule has 20 heavy (non-hydrogen) atoms. The third-order valence-corrected chi connectivity index (χ3v) is 6.30. The van der Waals surface area contributed by atoms with E-state index in [0.717, 1.165) is 11.8 Å². The zero-order chi connectivity index (χ0) is 13.8. The summed E-state index contributed by atoms with van der Waals surface area (Å²) >= 11 is 0. The van der Waals surface area contributed by atoms with Crippen LogP contribution in [0.25, 0.3) is 0 Å². The molecule has 3 rings (SSSR count). The number of nitrogens with zero attached hydrogens (tertiary/aromatic N) is 1. The van der Waals surface area contributed by atoms with Crippen LogP contribution in [0, 0.1) is 11.8 Å². The molecule has 0 atom stereocenters. The van der Waals surface area contributed by atoms with E-state index in [1.165, 1.54) is 90.4 Å². The van der Waals surface area contributed by atoms with Gasteiger partial charge in [-0.3, -0.25) is 0 Å². The quantitative estimate of drug-likeness (QED) is 0.844. The Bertz CT molecular complexity index is 288. The minimum Gasteiger partial charge on any atom is -0.310 e. The average molecular weight is 278 g/mol. The van der Waals surface area contributed by atoms with E-state index in [1.54, 1.807) is 0 Å². The summed E-state index contributed by atoms with van der Waals surface area (Å²) in [5.41, 5.74) is 0.497. The molecule has 3 fully saturated rings. The molecule has 0 aromatic rings. The Morgan fingerprint density at radius 1 is 1.00 bits per heavy atom. The monoisotopic (exact) mass is 278 g/mol. The van der Waals surface area contributed by atoms with Crippen LogP contribution in [0.5, 0.6) is 0 Å². The first-order valence-electron chi connectivity index (χ1n) is 9.27. The normalized spacial score (nSPS) is 35.2. The van der Waals surface area contributed by atoms with Crippen LogP contribution in [0.3, 0.4) is 0 Å². The van der Waals surface area contributed by atoms with Crippen molar-refractivity contribution in [2.75, 3.05) is 26.2 Å². The van der Waals surface area contributed by atoms with E-state index in [9.17, 15) is 0 Å². The highest BCUT2D eigenvalue weighted by Gasteiger charge is 2.36. The van der Waals surface area contributed by atoms with Crippen LogP contribution < -0.4 is 5.32 Å². The van der Waals surface area contributed by atoms with E-state index in [-0.39, 0.29) is 0 Å². The molecule has 0 unspecified atom stereocenters. The van der Waals surface area contributed by atoms with Crippen molar-refractivity contribution in [1.82, 2.24) is 10.2 Å². The van der Waals surface area contributed by atoms with E-state index in [1.807, 2.05) is 0 Å². The van der Waals surface area contributed by atoms with Gasteiger partial charge in [-0.1, -0.05) is 39.0 Å². The Morgan fingerprint density at radius 2 is 1.70 bits per heavy atom. The van der Waals surface area contributed by atoms with Crippen LogP contribution in [-0.2, 0) is 0 Å². The molecule has 0 aromatic heterocycles. The molecule has 1 saturated heterocycles. The van der Waals surface area contributed by atoms with E-state index >= 15 is 0 Å². The van der Waals surface area contributed by atoms with Gasteiger partial charge in [0.25, 0.3) is 0 Å². The molecule has 0 amide bonds. The fraction of sp³-hybridized carbons (Fsp3) is 1.00. The van der Waals surface area contributed by atoms with Crippen molar-refractivity contribution in [1.29, 1.82) is 0 Å². The topological polar surface area (TPSA) is 15.3 Å². The largest absolute Gasteiger partial charge is 0.310 e. The molecule has 2 nitrogen and oxygen atoms in total. The third kappa shape index (κ3) is 3.57. The highest BCUT2D eigenvalue weighted by Crippen LogP contribution is 2.34. The second-order valence-electron chi connectivity index (χ2n) is 7.80. The van der Waals surface area contributed by atoms with Crippen LogP contribution in [0.4, 0.5) is 0 Å². The lowest BCUT2D eigenvalue weighted by molar-refractivity contribution is 0.153. The maximum Gasteiger partial charge on any atom is 0.0308 e. The third-order valence-electron chi connectivity index (χ3n) is 6.30. The van der Waals surface area contributed by atoms with E-state index < -0.39 is 0 Å². The number of nitrogens with one attached hydrogen (secondary N) is 1. The highest BCUT2D eigenvalue weighted by molar-refractivity contribution is 4.97. The maximum atomic E-state index is 3.90. The van der Waals surface area contributed by atoms with Crippen molar-refractivity contribution in [3.63, 3.8) is 0 Å². The van der Waals surface area contributed by atoms with Gasteiger partial charge in [0.05, 0.1) is 0 Å². The van der Waals surface area contributed by atoms with Gasteiger partial charge < -0.3 is 10.2 Å². The first-order chi connectivity index (χ1) is 9.80. The predicted octanol–water partition coefficient (Wildman–Crippen LogP) is 3.81. The van der Waals surface area contributed by atoms with Crippen molar-refractivity contribution < 1.29 is 0 Å². The highest BCUT2D eigenvalue weighted by atomic mass is 15.2. The summed E-state index contributed by atoms with van der Waals surface area (Å²) in [5, 5.41) is 3.90. The van der Waals surface area contributed by atoms with E-state index in [0.29, 0.717) is 5.54 Å². The van der Waals surface area contributed by atoms with Gasteiger partial charge in [0.2, 0.25) is 0 Å². The fourth-order valence-corrected chi connectivity index (χ4v) is 4.95. The van der Waals surface area contributed by atoms with Gasteiger partial charge in [-0.05, 0) is 57.0 Å². The minimum atomic E-state index is 0.497. The standard InChI is InChI=1S/C18H34N2/c1-2-16-6-8-17(9-7-16)14-20-13-5-12-19-18(15-20)10-3-4-11-18/h16-17,19H,2-15H2,1H3. The van der Waals surface area contributed by atoms with Crippen LogP contribution in [0.2, 0.25) is 0 Å². The molecule has 1 heterocycles. The fourth-order valence-electron chi connectivity index (χ4n) is 4.95. The first-order valence-corrected chi connectivity index (χ1v) is 9.27. The summed E-state index contributed by atoms with van der Waals surface area (Å²) < 4.78 is 0. The Kier molecular flexibility index (Phi) is 5.04. The number of rotatable bonds is 3. The predicted molar refractivity (Wildman–Crippen MR) is 86.0 cm³/mol. The minimum absolute atomic E-state index is 0.497. The number of hydrogen-bond acceptors (Lipinski definition) is 2. The smallest absolute Gasteiger partial charge is 0.0308 e. The van der Waals surface area contributed by atoms with Crippen LogP contribution >= 0.6 is 0 Å². The summed E-state index contributed by atoms with van der Waals surface area (Å²) in [5.74, 6) is 2.03. The van der Waals surface area contributed by atoms with Gasteiger partial charge >= 0.3 is 0 Å². The molecule has 0 radical (unpaired) electrons. The van der Waals surface area contributed by atoms with Gasteiger partial charge in [-0.15, -0.1) is 0 Å². The first kappa shape index (κ1) is 14.8. The lowest BCUT2D eigenvalue weighted by Gasteiger charge is -2.36. The zero-order valence-corrected chi connectivity index (χ0v) is 13.5. The molecule has 0 bridgehead atoms. The van der Waals surface area contributed by atoms with E-state index in [4.69, 9.17) is 0 Å². The second-order valence-corrected chi connectivity index (χ2v) is 7.80. The van der Waals surface area contributed by atoms with Crippen molar-refractivity contribution in [3.05, 3.63) is 0 Å². The molecule has 1 spiro atoms. The van der Waals surface area contributed by atoms with Crippen molar-refractivity contribution >= 4 is 0 Å². The molecule has 3 aliphatic rings. The zero-order valence-electron chi connectivity index (χ0n) is 13.5. The summed E-state index contributed by atoms with van der Waals surface area (Å²) in [7, 11) is 0. The lowest BCUT2D eigenvalue weighted by atomic mass is 9.80. The summed E-state index contributed by atoms with van der Waals surface area (Å²) in [6.45, 7) is 7.68. The molecule has 1 N–H and O–H groups in total. The SMILES string of the molecule is CCC1CCC(CN2CCCNC3(CCCC3)C2)CC1. The molecule has 2 heteroatoms. The molecular formula is C18H34N2. The number of hydrogen-bond donors (Lipinski definition) is 1. The van der Waals surface area contributed by atoms with Gasteiger partial charge in [0, 0.05) is 18.6 Å². The Morgan fingerprint density at radius 3 is 2.40 bits per heavy atom. The summed E-state index contributed by atoms with van der Waals surface area (Å²) in [6, 6.07) is 0. The van der Waals surface area contributed by atoms with Crippen molar-refractivity contribution in [3.8, 4) is 0 Å². The summed E-state index contributed by atoms with van der Waals surface area (Å²) in [4.78, 5) is 2.82. The molecule has 2 saturated carbocycles. The summed E-state index contributed by atoms with van der Waals surface area (Å²) in [6.07, 6.45) is 14.5. The molecule has 0 aromatic carbocycles. The van der Waals surface area contributed by atoms with E-state index in [2.05, 4.69) is 17.1 Å². The van der Waals surface area contributed by atoms with Crippen molar-refractivity contribution in [2.45, 2.75) is 76.7 Å². The van der Waals surface area contributed by atoms with Crippen LogP contribution in [0.15, 0.2) is 0 Å². The molecule has 116 valence electrons. The molecule has 1 aliphatic heterocycles. The Hall–Kier alpha value is -0.0800. The Labute approximate surface area is 125 Å². The van der Waals surface area contributed by atoms with Gasteiger partial charge in [0.1, 0.15) is 0 Å². The second kappa shape index (κ2) is 6.79. The Balaban J connectivity index is 1.51. The van der Waals surface area contributed by atoms with Crippen molar-refractivity contribution in [2.24, 2.45) is 11.8 Å².